The van der Waals surface area contributed by atoms with Gasteiger partial charge in [-0.3, -0.25) is 9.97 Å². The second-order valence-corrected chi connectivity index (χ2v) is 3.63. The number of rotatable bonds is 2. The molecule has 0 aliphatic carbocycles. The maximum atomic E-state index is 6.23. The molecular weight excluding hydrogens is 257 g/mol. The van der Waals surface area contributed by atoms with E-state index < -0.39 is 5.54 Å². The lowest BCUT2D eigenvalue weighted by molar-refractivity contribution is 0.562. The molecule has 2 aromatic heterocycles. The van der Waals surface area contributed by atoms with E-state index in [2.05, 4.69) is 9.97 Å². The molecule has 0 amide bonds. The van der Waals surface area contributed by atoms with Gasteiger partial charge in [0.2, 0.25) is 0 Å². The Balaban J connectivity index is 0.00000128. The topological polar surface area (TPSA) is 51.8 Å². The molecule has 0 aromatic carbocycles. The number of hydrogen-bond donors (Lipinski definition) is 1. The molecule has 0 spiro atoms. The van der Waals surface area contributed by atoms with E-state index in [1.54, 1.807) is 12.4 Å². The SMILES string of the molecule is CC(N)(c1ccccn1)c1ccccn1.Cl.Cl. The Labute approximate surface area is 113 Å². The fraction of sp³-hybridized carbons (Fsp3) is 0.167. The summed E-state index contributed by atoms with van der Waals surface area (Å²) in [5.41, 5.74) is 7.24. The van der Waals surface area contributed by atoms with E-state index in [4.69, 9.17) is 5.73 Å². The summed E-state index contributed by atoms with van der Waals surface area (Å²) in [4.78, 5) is 8.52. The van der Waals surface area contributed by atoms with E-state index >= 15 is 0 Å². The molecule has 0 unspecified atom stereocenters. The van der Waals surface area contributed by atoms with Crippen LogP contribution in [0.5, 0.6) is 0 Å². The van der Waals surface area contributed by atoms with E-state index in [1.165, 1.54) is 0 Å². The first kappa shape index (κ1) is 15.8. The van der Waals surface area contributed by atoms with Crippen LogP contribution in [0.1, 0.15) is 18.3 Å². The molecule has 0 saturated carbocycles. The molecule has 0 bridgehead atoms. The highest BCUT2D eigenvalue weighted by Gasteiger charge is 2.25. The summed E-state index contributed by atoms with van der Waals surface area (Å²) in [6, 6.07) is 11.4. The summed E-state index contributed by atoms with van der Waals surface area (Å²) in [5.74, 6) is 0. The zero-order valence-corrected chi connectivity index (χ0v) is 11.0. The number of hydrogen-bond acceptors (Lipinski definition) is 3. The van der Waals surface area contributed by atoms with Crippen molar-refractivity contribution in [3.8, 4) is 0 Å². The molecule has 0 radical (unpaired) electrons. The van der Waals surface area contributed by atoms with Crippen molar-refractivity contribution < 1.29 is 0 Å². The second kappa shape index (κ2) is 6.55. The van der Waals surface area contributed by atoms with Crippen LogP contribution in [0.2, 0.25) is 0 Å². The fourth-order valence-electron chi connectivity index (χ4n) is 1.47. The van der Waals surface area contributed by atoms with Crippen molar-refractivity contribution in [1.82, 2.24) is 9.97 Å². The summed E-state index contributed by atoms with van der Waals surface area (Å²) in [7, 11) is 0. The molecule has 92 valence electrons. The third kappa shape index (κ3) is 3.40. The average molecular weight is 272 g/mol. The number of aromatic nitrogens is 2. The zero-order valence-electron chi connectivity index (χ0n) is 9.41. The van der Waals surface area contributed by atoms with E-state index in [0.717, 1.165) is 11.4 Å². The third-order valence-electron chi connectivity index (χ3n) is 2.39. The Bertz CT molecular complexity index is 391. The highest BCUT2D eigenvalue weighted by atomic mass is 35.5. The van der Waals surface area contributed by atoms with Crippen molar-refractivity contribution in [2.75, 3.05) is 0 Å². The van der Waals surface area contributed by atoms with Gasteiger partial charge in [-0.25, -0.2) is 0 Å². The van der Waals surface area contributed by atoms with Gasteiger partial charge in [-0.1, -0.05) is 12.1 Å². The standard InChI is InChI=1S/C12H13N3.2ClH/c1-12(13,10-6-2-4-8-14-10)11-7-3-5-9-15-11;;/h2-9H,13H2,1H3;2*1H. The van der Waals surface area contributed by atoms with Gasteiger partial charge in [0.15, 0.2) is 0 Å². The van der Waals surface area contributed by atoms with Crippen LogP contribution in [0, 0.1) is 0 Å². The van der Waals surface area contributed by atoms with E-state index in [1.807, 2.05) is 43.3 Å². The molecule has 3 nitrogen and oxygen atoms in total. The normalized spacial score (nSPS) is 10.0. The molecule has 2 heterocycles. The predicted octanol–water partition coefficient (Wildman–Crippen LogP) is 2.54. The predicted molar refractivity (Wildman–Crippen MR) is 73.6 cm³/mol. The van der Waals surface area contributed by atoms with Crippen molar-refractivity contribution in [2.24, 2.45) is 5.73 Å². The molecule has 5 heteroatoms. The van der Waals surface area contributed by atoms with E-state index in [-0.39, 0.29) is 24.8 Å². The van der Waals surface area contributed by atoms with Crippen molar-refractivity contribution in [3.63, 3.8) is 0 Å². The molecule has 0 saturated heterocycles. The third-order valence-corrected chi connectivity index (χ3v) is 2.39. The lowest BCUT2D eigenvalue weighted by atomic mass is 9.94. The largest absolute Gasteiger partial charge is 0.315 e. The summed E-state index contributed by atoms with van der Waals surface area (Å²) < 4.78 is 0. The highest BCUT2D eigenvalue weighted by molar-refractivity contribution is 5.85. The van der Waals surface area contributed by atoms with Crippen molar-refractivity contribution in [2.45, 2.75) is 12.5 Å². The van der Waals surface area contributed by atoms with Crippen molar-refractivity contribution >= 4 is 24.8 Å². The Morgan fingerprint density at radius 1 is 0.882 bits per heavy atom. The van der Waals surface area contributed by atoms with Crippen LogP contribution in [0.3, 0.4) is 0 Å². The quantitative estimate of drug-likeness (QED) is 0.914. The van der Waals surface area contributed by atoms with Gasteiger partial charge in [-0.2, -0.15) is 0 Å². The van der Waals surface area contributed by atoms with Gasteiger partial charge >= 0.3 is 0 Å². The summed E-state index contributed by atoms with van der Waals surface area (Å²) in [5, 5.41) is 0. The van der Waals surface area contributed by atoms with Gasteiger partial charge in [0, 0.05) is 12.4 Å². The lowest BCUT2D eigenvalue weighted by Crippen LogP contribution is -2.36. The molecule has 0 fully saturated rings. The maximum Gasteiger partial charge on any atom is 0.0982 e. The van der Waals surface area contributed by atoms with Gasteiger partial charge in [-0.05, 0) is 31.2 Å². The van der Waals surface area contributed by atoms with Gasteiger partial charge < -0.3 is 5.73 Å². The van der Waals surface area contributed by atoms with Crippen LogP contribution in [0.4, 0.5) is 0 Å². The van der Waals surface area contributed by atoms with Crippen LogP contribution in [-0.2, 0) is 5.54 Å². The minimum Gasteiger partial charge on any atom is -0.315 e. The molecule has 0 atom stereocenters. The maximum absolute atomic E-state index is 6.23. The van der Waals surface area contributed by atoms with Crippen molar-refractivity contribution in [3.05, 3.63) is 60.2 Å². The summed E-state index contributed by atoms with van der Waals surface area (Å²) >= 11 is 0. The van der Waals surface area contributed by atoms with Gasteiger partial charge in [-0.15, -0.1) is 24.8 Å². The smallest absolute Gasteiger partial charge is 0.0982 e. The molecule has 2 N–H and O–H groups in total. The lowest BCUT2D eigenvalue weighted by Gasteiger charge is -2.23. The molecule has 2 rings (SSSR count). The molecular formula is C12H15Cl2N3. The van der Waals surface area contributed by atoms with Crippen LogP contribution < -0.4 is 5.73 Å². The van der Waals surface area contributed by atoms with Gasteiger partial charge in [0.25, 0.3) is 0 Å². The summed E-state index contributed by atoms with van der Waals surface area (Å²) in [6.07, 6.45) is 3.48. The molecule has 0 aliphatic rings. The fourth-order valence-corrected chi connectivity index (χ4v) is 1.47. The van der Waals surface area contributed by atoms with Crippen LogP contribution in [-0.4, -0.2) is 9.97 Å². The van der Waals surface area contributed by atoms with Crippen LogP contribution in [0.15, 0.2) is 48.8 Å². The Kier molecular flexibility index (Phi) is 6.10. The van der Waals surface area contributed by atoms with Crippen LogP contribution in [0.25, 0.3) is 0 Å². The number of nitrogens with zero attached hydrogens (tertiary/aromatic N) is 2. The first-order chi connectivity index (χ1) is 7.21. The molecule has 2 aromatic rings. The monoisotopic (exact) mass is 271 g/mol. The first-order valence-electron chi connectivity index (χ1n) is 4.83. The highest BCUT2D eigenvalue weighted by Crippen LogP contribution is 2.22. The van der Waals surface area contributed by atoms with Crippen LogP contribution >= 0.6 is 24.8 Å². The molecule has 0 aliphatic heterocycles. The van der Waals surface area contributed by atoms with E-state index in [0.29, 0.717) is 0 Å². The van der Waals surface area contributed by atoms with Gasteiger partial charge in [0.1, 0.15) is 0 Å². The van der Waals surface area contributed by atoms with Gasteiger partial charge in [0.05, 0.1) is 16.9 Å². The number of halogens is 2. The Morgan fingerprint density at radius 2 is 1.29 bits per heavy atom. The summed E-state index contributed by atoms with van der Waals surface area (Å²) in [6.45, 7) is 1.91. The Hall–Kier alpha value is -1.16. The molecule has 17 heavy (non-hydrogen) atoms. The average Bonchev–Trinajstić information content (AvgIpc) is 2.31. The number of nitrogens with two attached hydrogens (primary N) is 1. The number of pyridine rings is 2. The Morgan fingerprint density at radius 3 is 1.59 bits per heavy atom. The second-order valence-electron chi connectivity index (χ2n) is 3.63. The van der Waals surface area contributed by atoms with Crippen molar-refractivity contribution in [1.29, 1.82) is 0 Å². The first-order valence-corrected chi connectivity index (χ1v) is 4.83. The minimum atomic E-state index is -0.636. The minimum absolute atomic E-state index is 0. The van der Waals surface area contributed by atoms with E-state index in [9.17, 15) is 0 Å². The zero-order chi connectivity index (χ0) is 10.7.